The number of H-pyrrole nitrogens is 1. The number of para-hydroxylation sites is 1. The summed E-state index contributed by atoms with van der Waals surface area (Å²) < 4.78 is 0. The molecule has 0 unspecified atom stereocenters. The first-order chi connectivity index (χ1) is 12.7. The fraction of sp³-hybridized carbons (Fsp3) is 0.200. The predicted octanol–water partition coefficient (Wildman–Crippen LogP) is 3.42. The fourth-order valence-corrected chi connectivity index (χ4v) is 3.60. The molecular formula is C20H19ClN4O. The second kappa shape index (κ2) is 7.22. The number of nitrogens with one attached hydrogen (secondary N) is 1. The molecule has 1 N–H and O–H groups in total. The van der Waals surface area contributed by atoms with Crippen LogP contribution >= 0.6 is 11.6 Å². The van der Waals surface area contributed by atoms with Crippen molar-refractivity contribution in [3.63, 3.8) is 0 Å². The molecule has 1 aromatic heterocycles. The van der Waals surface area contributed by atoms with E-state index in [0.29, 0.717) is 5.69 Å². The Hall–Kier alpha value is -2.79. The van der Waals surface area contributed by atoms with E-state index in [1.807, 2.05) is 6.07 Å². The Morgan fingerprint density at radius 3 is 2.19 bits per heavy atom. The van der Waals surface area contributed by atoms with E-state index >= 15 is 0 Å². The highest BCUT2D eigenvalue weighted by Crippen LogP contribution is 2.32. The Labute approximate surface area is 156 Å². The molecule has 0 saturated carbocycles. The molecule has 1 fully saturated rings. The van der Waals surface area contributed by atoms with Gasteiger partial charge in [0.05, 0.1) is 11.9 Å². The highest BCUT2D eigenvalue weighted by molar-refractivity contribution is 6.33. The van der Waals surface area contributed by atoms with Crippen molar-refractivity contribution in [1.82, 2.24) is 10.2 Å². The van der Waals surface area contributed by atoms with Gasteiger partial charge in [-0.15, -0.1) is 0 Å². The van der Waals surface area contributed by atoms with Gasteiger partial charge in [0, 0.05) is 37.4 Å². The first-order valence-corrected chi connectivity index (χ1v) is 8.99. The molecule has 0 spiro atoms. The third kappa shape index (κ3) is 3.18. The number of nitrogens with zero attached hydrogens (tertiary/aromatic N) is 3. The van der Waals surface area contributed by atoms with Crippen LogP contribution in [0.4, 0.5) is 11.4 Å². The molecule has 2 heterocycles. The molecule has 4 rings (SSSR count). The van der Waals surface area contributed by atoms with Crippen molar-refractivity contribution in [1.29, 1.82) is 0 Å². The number of rotatable bonds is 3. The van der Waals surface area contributed by atoms with E-state index in [1.54, 1.807) is 6.20 Å². The van der Waals surface area contributed by atoms with E-state index in [2.05, 4.69) is 68.5 Å². The largest absolute Gasteiger partial charge is 0.367 e. The maximum Gasteiger partial charge on any atom is 0.285 e. The molecule has 2 aromatic carbocycles. The molecule has 6 heteroatoms. The highest BCUT2D eigenvalue weighted by atomic mass is 35.5. The molecule has 1 saturated heterocycles. The van der Waals surface area contributed by atoms with Crippen LogP contribution in [0.3, 0.4) is 0 Å². The zero-order valence-electron chi connectivity index (χ0n) is 14.2. The zero-order valence-corrected chi connectivity index (χ0v) is 15.0. The normalized spacial score (nSPS) is 14.5. The summed E-state index contributed by atoms with van der Waals surface area (Å²) in [6.45, 7) is 3.28. The number of anilines is 2. The number of aromatic nitrogens is 2. The Bertz CT molecular complexity index is 949. The molecule has 0 aliphatic carbocycles. The van der Waals surface area contributed by atoms with Crippen LogP contribution in [-0.2, 0) is 0 Å². The lowest BCUT2D eigenvalue weighted by atomic mass is 10.0. The summed E-state index contributed by atoms with van der Waals surface area (Å²) in [6, 6.07) is 18.9. The summed E-state index contributed by atoms with van der Waals surface area (Å²) in [5.74, 6) is 0. The van der Waals surface area contributed by atoms with Gasteiger partial charge in [-0.1, -0.05) is 60.1 Å². The van der Waals surface area contributed by atoms with Crippen molar-refractivity contribution >= 4 is 23.0 Å². The average Bonchev–Trinajstić information content (AvgIpc) is 2.71. The quantitative estimate of drug-likeness (QED) is 0.771. The van der Waals surface area contributed by atoms with Gasteiger partial charge < -0.3 is 9.80 Å². The Morgan fingerprint density at radius 2 is 1.46 bits per heavy atom. The van der Waals surface area contributed by atoms with Gasteiger partial charge in [-0.2, -0.15) is 5.10 Å². The lowest BCUT2D eigenvalue weighted by molar-refractivity contribution is 0.652. The molecule has 0 amide bonds. The number of piperazine rings is 1. The summed E-state index contributed by atoms with van der Waals surface area (Å²) in [5.41, 5.74) is 4.03. The van der Waals surface area contributed by atoms with Crippen LogP contribution in [0.15, 0.2) is 65.6 Å². The second-order valence-corrected chi connectivity index (χ2v) is 6.63. The van der Waals surface area contributed by atoms with Gasteiger partial charge in [0.25, 0.3) is 5.56 Å². The van der Waals surface area contributed by atoms with Crippen molar-refractivity contribution in [2.24, 2.45) is 0 Å². The third-order valence-corrected chi connectivity index (χ3v) is 5.09. The van der Waals surface area contributed by atoms with Crippen LogP contribution in [0.25, 0.3) is 11.1 Å². The van der Waals surface area contributed by atoms with E-state index in [-0.39, 0.29) is 10.6 Å². The van der Waals surface area contributed by atoms with Crippen molar-refractivity contribution < 1.29 is 0 Å². The van der Waals surface area contributed by atoms with Crippen LogP contribution in [0.5, 0.6) is 0 Å². The molecule has 5 nitrogen and oxygen atoms in total. The molecule has 26 heavy (non-hydrogen) atoms. The second-order valence-electron chi connectivity index (χ2n) is 6.26. The van der Waals surface area contributed by atoms with Crippen LogP contribution in [0.1, 0.15) is 0 Å². The first-order valence-electron chi connectivity index (χ1n) is 8.61. The lowest BCUT2D eigenvalue weighted by Gasteiger charge is -2.38. The Balaban J connectivity index is 1.56. The number of benzene rings is 2. The smallest absolute Gasteiger partial charge is 0.285 e. The molecule has 1 aliphatic rings. The van der Waals surface area contributed by atoms with Gasteiger partial charge in [-0.3, -0.25) is 4.79 Å². The topological polar surface area (TPSA) is 52.2 Å². The van der Waals surface area contributed by atoms with Crippen LogP contribution < -0.4 is 15.4 Å². The third-order valence-electron chi connectivity index (χ3n) is 4.73. The SMILES string of the molecule is O=c1[nH]ncc(N2CCN(c3ccccc3-c3ccccc3)CC2)c1Cl. The van der Waals surface area contributed by atoms with Crippen molar-refractivity contribution in [2.75, 3.05) is 36.0 Å². The molecule has 1 aliphatic heterocycles. The average molecular weight is 367 g/mol. The summed E-state index contributed by atoms with van der Waals surface area (Å²) >= 11 is 6.15. The predicted molar refractivity (Wildman–Crippen MR) is 106 cm³/mol. The number of aromatic amines is 1. The minimum Gasteiger partial charge on any atom is -0.367 e. The van der Waals surface area contributed by atoms with Crippen LogP contribution in [0.2, 0.25) is 5.02 Å². The minimum absolute atomic E-state index is 0.207. The van der Waals surface area contributed by atoms with Crippen molar-refractivity contribution in [2.45, 2.75) is 0 Å². The maximum absolute atomic E-state index is 11.7. The Kier molecular flexibility index (Phi) is 4.63. The van der Waals surface area contributed by atoms with Gasteiger partial charge in [-0.25, -0.2) is 5.10 Å². The number of hydrogen-bond donors (Lipinski definition) is 1. The summed E-state index contributed by atoms with van der Waals surface area (Å²) in [4.78, 5) is 16.2. The van der Waals surface area contributed by atoms with E-state index in [4.69, 9.17) is 11.6 Å². The van der Waals surface area contributed by atoms with Gasteiger partial charge in [0.1, 0.15) is 5.02 Å². The van der Waals surface area contributed by atoms with E-state index < -0.39 is 0 Å². The first kappa shape index (κ1) is 16.7. The molecular weight excluding hydrogens is 348 g/mol. The molecule has 0 radical (unpaired) electrons. The van der Waals surface area contributed by atoms with E-state index in [9.17, 15) is 4.79 Å². The maximum atomic E-state index is 11.7. The van der Waals surface area contributed by atoms with Gasteiger partial charge in [0.15, 0.2) is 0 Å². The number of hydrogen-bond acceptors (Lipinski definition) is 4. The van der Waals surface area contributed by atoms with Gasteiger partial charge in [-0.05, 0) is 11.6 Å². The van der Waals surface area contributed by atoms with Crippen LogP contribution in [0, 0.1) is 0 Å². The molecule has 132 valence electrons. The standard InChI is InChI=1S/C20H19ClN4O/c21-19-18(14-22-23-20(19)26)25-12-10-24(11-13-25)17-9-5-4-8-16(17)15-6-2-1-3-7-15/h1-9,14H,10-13H2,(H,23,26). The van der Waals surface area contributed by atoms with Crippen molar-refractivity contribution in [3.05, 3.63) is 76.2 Å². The zero-order chi connectivity index (χ0) is 17.9. The monoisotopic (exact) mass is 366 g/mol. The van der Waals surface area contributed by atoms with Crippen LogP contribution in [-0.4, -0.2) is 36.4 Å². The fourth-order valence-electron chi connectivity index (χ4n) is 3.39. The minimum atomic E-state index is -0.346. The highest BCUT2D eigenvalue weighted by Gasteiger charge is 2.22. The van der Waals surface area contributed by atoms with E-state index in [0.717, 1.165) is 26.2 Å². The Morgan fingerprint density at radius 1 is 0.846 bits per heavy atom. The lowest BCUT2D eigenvalue weighted by Crippen LogP contribution is -2.47. The molecule has 0 atom stereocenters. The summed E-state index contributed by atoms with van der Waals surface area (Å²) in [5, 5.41) is 6.45. The summed E-state index contributed by atoms with van der Waals surface area (Å²) in [7, 11) is 0. The van der Waals surface area contributed by atoms with Crippen molar-refractivity contribution in [3.8, 4) is 11.1 Å². The summed E-state index contributed by atoms with van der Waals surface area (Å²) in [6.07, 6.45) is 1.62. The number of halogens is 1. The van der Waals surface area contributed by atoms with E-state index in [1.165, 1.54) is 16.8 Å². The van der Waals surface area contributed by atoms with Gasteiger partial charge in [0.2, 0.25) is 0 Å². The molecule has 3 aromatic rings. The molecule has 0 bridgehead atoms. The van der Waals surface area contributed by atoms with Gasteiger partial charge >= 0.3 is 0 Å².